The van der Waals surface area contributed by atoms with Gasteiger partial charge in [0.2, 0.25) is 21.8 Å². The van der Waals surface area contributed by atoms with Gasteiger partial charge >= 0.3 is 0 Å². The minimum Gasteiger partial charge on any atom is -0.373 e. The van der Waals surface area contributed by atoms with Crippen LogP contribution in [0.5, 0.6) is 0 Å². The van der Waals surface area contributed by atoms with Gasteiger partial charge in [-0.2, -0.15) is 9.10 Å². The topological polar surface area (TPSA) is 119 Å². The maximum Gasteiger partial charge on any atom is 0.248 e. The second-order valence-electron chi connectivity index (χ2n) is 7.66. The number of benzene rings is 2. The Balaban J connectivity index is 1.38. The van der Waals surface area contributed by atoms with Crippen molar-refractivity contribution in [1.29, 1.82) is 0 Å². The Bertz CT molecular complexity index is 1170. The van der Waals surface area contributed by atoms with Crippen molar-refractivity contribution in [3.8, 4) is 11.4 Å². The molecule has 0 spiro atoms. The summed E-state index contributed by atoms with van der Waals surface area (Å²) in [6, 6.07) is 15.4. The third kappa shape index (κ3) is 5.01. The van der Waals surface area contributed by atoms with E-state index in [1.165, 1.54) is 21.2 Å². The first-order valence-corrected chi connectivity index (χ1v) is 11.6. The molecular formula is C21H24N6O4S. The first-order chi connectivity index (χ1) is 15.3. The molecule has 1 aliphatic heterocycles. The average Bonchev–Trinajstić information content (AvgIpc) is 3.22. The molecule has 3 aromatic rings. The third-order valence-electron chi connectivity index (χ3n) is 4.93. The summed E-state index contributed by atoms with van der Waals surface area (Å²) in [5, 5.41) is 14.8. The fourth-order valence-corrected chi connectivity index (χ4v) is 5.12. The van der Waals surface area contributed by atoms with Crippen LogP contribution in [0.3, 0.4) is 0 Å². The van der Waals surface area contributed by atoms with Gasteiger partial charge in [-0.15, -0.1) is 10.2 Å². The van der Waals surface area contributed by atoms with Crippen LogP contribution in [0.1, 0.15) is 13.8 Å². The lowest BCUT2D eigenvalue weighted by Crippen LogP contribution is -2.48. The van der Waals surface area contributed by atoms with Gasteiger partial charge in [0.15, 0.2) is 0 Å². The van der Waals surface area contributed by atoms with Gasteiger partial charge in [0.05, 0.1) is 17.1 Å². The van der Waals surface area contributed by atoms with Crippen LogP contribution in [-0.2, 0) is 26.1 Å². The number of hydrogen-bond acceptors (Lipinski definition) is 7. The molecule has 32 heavy (non-hydrogen) atoms. The maximum atomic E-state index is 12.9. The fraction of sp³-hybridized carbons (Fsp3) is 0.333. The van der Waals surface area contributed by atoms with Crippen molar-refractivity contribution < 1.29 is 17.9 Å². The molecule has 2 unspecified atom stereocenters. The molecule has 2 atom stereocenters. The van der Waals surface area contributed by atoms with Gasteiger partial charge in [-0.3, -0.25) is 4.79 Å². The first-order valence-electron chi connectivity index (χ1n) is 10.2. The Kier molecular flexibility index (Phi) is 6.31. The molecule has 4 rings (SSSR count). The van der Waals surface area contributed by atoms with Crippen molar-refractivity contribution in [3.05, 3.63) is 54.6 Å². The Hall–Kier alpha value is -3.15. The van der Waals surface area contributed by atoms with E-state index < -0.39 is 10.0 Å². The number of nitrogens with one attached hydrogen (secondary N) is 1. The first kappa shape index (κ1) is 22.1. The van der Waals surface area contributed by atoms with Crippen LogP contribution in [0.2, 0.25) is 0 Å². The van der Waals surface area contributed by atoms with Crippen molar-refractivity contribution >= 4 is 21.6 Å². The normalized spacial score (nSPS) is 19.6. The largest absolute Gasteiger partial charge is 0.373 e. The van der Waals surface area contributed by atoms with E-state index in [1.807, 2.05) is 44.2 Å². The van der Waals surface area contributed by atoms with Crippen molar-refractivity contribution in [2.24, 2.45) is 0 Å². The van der Waals surface area contributed by atoms with E-state index in [4.69, 9.17) is 4.74 Å². The minimum absolute atomic E-state index is 0.122. The van der Waals surface area contributed by atoms with Crippen molar-refractivity contribution in [2.75, 3.05) is 18.4 Å². The van der Waals surface area contributed by atoms with Crippen molar-refractivity contribution in [1.82, 2.24) is 24.5 Å². The van der Waals surface area contributed by atoms with Crippen LogP contribution in [0.4, 0.5) is 5.69 Å². The molecule has 0 aliphatic carbocycles. The highest BCUT2D eigenvalue weighted by Crippen LogP contribution is 2.22. The van der Waals surface area contributed by atoms with E-state index in [0.29, 0.717) is 24.6 Å². The van der Waals surface area contributed by atoms with Crippen LogP contribution >= 0.6 is 0 Å². The Morgan fingerprint density at radius 1 is 1.06 bits per heavy atom. The zero-order valence-corrected chi connectivity index (χ0v) is 18.6. The van der Waals surface area contributed by atoms with Crippen LogP contribution in [-0.4, -0.2) is 64.1 Å². The van der Waals surface area contributed by atoms with Gasteiger partial charge < -0.3 is 10.1 Å². The van der Waals surface area contributed by atoms with Gasteiger partial charge in [0.25, 0.3) is 0 Å². The van der Waals surface area contributed by atoms with Gasteiger partial charge in [-0.05, 0) is 43.3 Å². The summed E-state index contributed by atoms with van der Waals surface area (Å²) >= 11 is 0. The predicted molar refractivity (Wildman–Crippen MR) is 117 cm³/mol. The number of aromatic nitrogens is 4. The molecule has 0 saturated carbocycles. The van der Waals surface area contributed by atoms with E-state index in [9.17, 15) is 13.2 Å². The molecule has 11 heteroatoms. The number of tetrazole rings is 1. The van der Waals surface area contributed by atoms with Gasteiger partial charge in [-0.1, -0.05) is 30.3 Å². The fourth-order valence-electron chi connectivity index (χ4n) is 3.53. The van der Waals surface area contributed by atoms with E-state index in [-0.39, 0.29) is 29.6 Å². The van der Waals surface area contributed by atoms with Crippen molar-refractivity contribution in [2.45, 2.75) is 37.5 Å². The lowest BCUT2D eigenvalue weighted by Gasteiger charge is -2.34. The van der Waals surface area contributed by atoms with Crippen LogP contribution in [0.15, 0.2) is 59.5 Å². The van der Waals surface area contributed by atoms with E-state index in [1.54, 1.807) is 12.1 Å². The zero-order valence-electron chi connectivity index (χ0n) is 17.7. The Morgan fingerprint density at radius 3 is 2.38 bits per heavy atom. The van der Waals surface area contributed by atoms with Gasteiger partial charge in [0, 0.05) is 24.3 Å². The predicted octanol–water partition coefficient (Wildman–Crippen LogP) is 1.78. The number of hydrogen-bond donors (Lipinski definition) is 1. The zero-order chi connectivity index (χ0) is 22.7. The molecule has 0 radical (unpaired) electrons. The highest BCUT2D eigenvalue weighted by molar-refractivity contribution is 7.89. The molecule has 1 fully saturated rings. The molecule has 2 heterocycles. The molecule has 0 bridgehead atoms. The summed E-state index contributed by atoms with van der Waals surface area (Å²) in [5.41, 5.74) is 1.28. The number of sulfonamides is 1. The monoisotopic (exact) mass is 456 g/mol. The minimum atomic E-state index is -3.64. The number of nitrogens with zero attached hydrogens (tertiary/aromatic N) is 5. The second kappa shape index (κ2) is 9.15. The Labute approximate surface area is 186 Å². The highest BCUT2D eigenvalue weighted by Gasteiger charge is 2.32. The quantitative estimate of drug-likeness (QED) is 0.600. The molecule has 2 aromatic carbocycles. The average molecular weight is 457 g/mol. The number of carbonyl (C=O) groups is 1. The SMILES string of the molecule is CC1CN(S(=O)(=O)c2ccc(NC(=O)Cn3nnc(-c4ccccc4)n3)cc2)CC(C)O1. The smallest absolute Gasteiger partial charge is 0.248 e. The maximum absolute atomic E-state index is 12.9. The number of rotatable bonds is 6. The lowest BCUT2D eigenvalue weighted by atomic mass is 10.2. The number of amides is 1. The van der Waals surface area contributed by atoms with Crippen LogP contribution < -0.4 is 5.32 Å². The molecule has 10 nitrogen and oxygen atoms in total. The third-order valence-corrected chi connectivity index (χ3v) is 6.78. The van der Waals surface area contributed by atoms with Crippen molar-refractivity contribution in [3.63, 3.8) is 0 Å². The molecule has 1 amide bonds. The standard InChI is InChI=1S/C21H24N6O4S/c1-15-12-26(13-16(2)31-15)32(29,30)19-10-8-18(9-11-19)22-20(28)14-27-24-21(23-25-27)17-6-4-3-5-7-17/h3-11,15-16H,12-14H2,1-2H3,(H,22,28). The summed E-state index contributed by atoms with van der Waals surface area (Å²) in [6.07, 6.45) is -0.334. The molecule has 168 valence electrons. The van der Waals surface area contributed by atoms with Gasteiger partial charge in [0.1, 0.15) is 6.54 Å². The summed E-state index contributed by atoms with van der Waals surface area (Å²) in [4.78, 5) is 13.7. The number of ether oxygens (including phenoxy) is 1. The molecule has 1 aromatic heterocycles. The number of morpholine rings is 1. The molecule has 1 aliphatic rings. The number of anilines is 1. The van der Waals surface area contributed by atoms with E-state index in [0.717, 1.165) is 5.56 Å². The lowest BCUT2D eigenvalue weighted by molar-refractivity contribution is -0.117. The summed E-state index contributed by atoms with van der Waals surface area (Å²) in [5.74, 6) is 0.0770. The van der Waals surface area contributed by atoms with E-state index in [2.05, 4.69) is 20.7 Å². The Morgan fingerprint density at radius 2 is 1.72 bits per heavy atom. The van der Waals surface area contributed by atoms with E-state index >= 15 is 0 Å². The van der Waals surface area contributed by atoms with Crippen LogP contribution in [0.25, 0.3) is 11.4 Å². The summed E-state index contributed by atoms with van der Waals surface area (Å²) < 4.78 is 32.9. The second-order valence-corrected chi connectivity index (χ2v) is 9.60. The number of carbonyl (C=O) groups excluding carboxylic acids is 1. The molecule has 1 N–H and O–H groups in total. The summed E-state index contributed by atoms with van der Waals surface area (Å²) in [7, 11) is -3.64. The van der Waals surface area contributed by atoms with Gasteiger partial charge in [-0.25, -0.2) is 8.42 Å². The molecule has 1 saturated heterocycles. The highest BCUT2D eigenvalue weighted by atomic mass is 32.2. The molecular weight excluding hydrogens is 432 g/mol. The van der Waals surface area contributed by atoms with Crippen LogP contribution in [0, 0.1) is 0 Å². The summed E-state index contributed by atoms with van der Waals surface area (Å²) in [6.45, 7) is 4.19.